The molecule has 0 saturated heterocycles. The Morgan fingerprint density at radius 3 is 2.62 bits per heavy atom. The van der Waals surface area contributed by atoms with Crippen LogP contribution in [0.5, 0.6) is 5.75 Å². The van der Waals surface area contributed by atoms with Gasteiger partial charge >= 0.3 is 0 Å². The number of rotatable bonds is 12. The first-order valence-electron chi connectivity index (χ1n) is 11.0. The molecule has 32 heavy (non-hydrogen) atoms. The Morgan fingerprint density at radius 2 is 1.91 bits per heavy atom. The largest absolute Gasteiger partial charge is 0.493 e. The molecule has 5 nitrogen and oxygen atoms in total. The number of nitrogens with one attached hydrogen (secondary N) is 1. The minimum atomic E-state index is 0.224. The van der Waals surface area contributed by atoms with Crippen molar-refractivity contribution in [1.29, 1.82) is 0 Å². The Labute approximate surface area is 193 Å². The van der Waals surface area contributed by atoms with Gasteiger partial charge in [-0.25, -0.2) is 0 Å². The van der Waals surface area contributed by atoms with Gasteiger partial charge in [0, 0.05) is 31.5 Å². The van der Waals surface area contributed by atoms with Crippen LogP contribution in [0.2, 0.25) is 0 Å². The number of ether oxygens (including phenoxy) is 1. The summed E-state index contributed by atoms with van der Waals surface area (Å²) in [6, 6.07) is 16.1. The molecular formula is C27H38N4O. The van der Waals surface area contributed by atoms with Gasteiger partial charge in [0.2, 0.25) is 0 Å². The third-order valence-corrected chi connectivity index (χ3v) is 4.72. The highest BCUT2D eigenvalue weighted by Crippen LogP contribution is 2.20. The monoisotopic (exact) mass is 434 g/mol. The van der Waals surface area contributed by atoms with E-state index in [4.69, 9.17) is 16.3 Å². The number of allylic oxidation sites excluding steroid dienone is 2. The number of hydrogen-bond acceptors (Lipinski definition) is 5. The van der Waals surface area contributed by atoms with Crippen LogP contribution in [0.4, 0.5) is 5.69 Å². The predicted molar refractivity (Wildman–Crippen MR) is 137 cm³/mol. The first-order chi connectivity index (χ1) is 15.3. The molecule has 0 amide bonds. The third kappa shape index (κ3) is 9.86. The van der Waals surface area contributed by atoms with Crippen molar-refractivity contribution in [3.05, 3.63) is 90.7 Å². The molecule has 5 heteroatoms. The van der Waals surface area contributed by atoms with Crippen LogP contribution in [-0.2, 0) is 6.54 Å². The molecular weight excluding hydrogens is 396 g/mol. The molecule has 5 N–H and O–H groups in total. The van der Waals surface area contributed by atoms with Crippen LogP contribution in [0.3, 0.4) is 0 Å². The van der Waals surface area contributed by atoms with Gasteiger partial charge in [-0.05, 0) is 58.9 Å². The number of anilines is 1. The van der Waals surface area contributed by atoms with Crippen molar-refractivity contribution < 1.29 is 4.74 Å². The van der Waals surface area contributed by atoms with Gasteiger partial charge in [-0.3, -0.25) is 10.7 Å². The maximum Gasteiger partial charge on any atom is 0.119 e. The van der Waals surface area contributed by atoms with Crippen molar-refractivity contribution in [2.75, 3.05) is 25.4 Å². The fraction of sp³-hybridized carbons (Fsp3) is 0.333. The quantitative estimate of drug-likeness (QED) is 0.108. The van der Waals surface area contributed by atoms with E-state index in [-0.39, 0.29) is 5.41 Å². The van der Waals surface area contributed by atoms with Gasteiger partial charge in [0.05, 0.1) is 6.61 Å². The first kappa shape index (κ1) is 25.2. The number of hydrazine groups is 1. The molecule has 2 aromatic carbocycles. The normalized spacial score (nSPS) is 12.0. The van der Waals surface area contributed by atoms with E-state index in [9.17, 15) is 0 Å². The predicted octanol–water partition coefficient (Wildman–Crippen LogP) is 5.13. The molecule has 0 unspecified atom stereocenters. The van der Waals surface area contributed by atoms with Gasteiger partial charge in [-0.15, -0.1) is 0 Å². The smallest absolute Gasteiger partial charge is 0.119 e. The van der Waals surface area contributed by atoms with Gasteiger partial charge in [-0.1, -0.05) is 63.8 Å². The molecule has 0 aliphatic rings. The van der Waals surface area contributed by atoms with Crippen molar-refractivity contribution in [1.82, 2.24) is 10.3 Å². The number of hydrogen-bond donors (Lipinski definition) is 3. The zero-order valence-corrected chi connectivity index (χ0v) is 19.7. The highest BCUT2D eigenvalue weighted by molar-refractivity contribution is 5.72. The third-order valence-electron chi connectivity index (χ3n) is 4.72. The zero-order valence-electron chi connectivity index (χ0n) is 19.7. The zero-order chi connectivity index (χ0) is 23.4. The standard InChI is InChI=1S/C27H38N4O/c1-22(14-15-30-29)24-11-9-13-26(19-24)32-17-7-5-6-16-31(21-27(2,3)4)20-23-10-8-12-25(28)18-23/h5-6,8-15,18-19,30H,1,7,16-17,20-21,28-29H2,2-4H3/b6-5+,15-14-. The van der Waals surface area contributed by atoms with E-state index in [1.165, 1.54) is 5.56 Å². The molecule has 0 heterocycles. The summed E-state index contributed by atoms with van der Waals surface area (Å²) in [4.78, 5) is 2.45. The molecule has 0 saturated carbocycles. The lowest BCUT2D eigenvalue weighted by molar-refractivity contribution is 0.201. The summed E-state index contributed by atoms with van der Waals surface area (Å²) in [5.41, 5.74) is 12.6. The average Bonchev–Trinajstić information content (AvgIpc) is 2.73. The van der Waals surface area contributed by atoms with E-state index in [0.29, 0.717) is 6.61 Å². The Hall–Kier alpha value is -3.02. The first-order valence-corrected chi connectivity index (χ1v) is 11.0. The molecule has 172 valence electrons. The van der Waals surface area contributed by atoms with Crippen LogP contribution in [0.25, 0.3) is 5.57 Å². The second-order valence-electron chi connectivity index (χ2n) is 9.14. The molecule has 2 rings (SSSR count). The topological polar surface area (TPSA) is 76.5 Å². The van der Waals surface area contributed by atoms with Crippen molar-refractivity contribution in [3.8, 4) is 5.75 Å². The lowest BCUT2D eigenvalue weighted by Crippen LogP contribution is -2.32. The van der Waals surface area contributed by atoms with E-state index in [1.54, 1.807) is 6.20 Å². The summed E-state index contributed by atoms with van der Waals surface area (Å²) in [6.45, 7) is 14.2. The van der Waals surface area contributed by atoms with Crippen LogP contribution in [-0.4, -0.2) is 24.6 Å². The highest BCUT2D eigenvalue weighted by Gasteiger charge is 2.16. The number of nitrogens with two attached hydrogens (primary N) is 2. The van der Waals surface area contributed by atoms with Crippen LogP contribution in [0, 0.1) is 5.41 Å². The SMILES string of the molecule is C=C(/C=C\NN)c1cccc(OCC/C=C/CN(Cc2cccc(N)c2)CC(C)(C)C)c1. The van der Waals surface area contributed by atoms with Gasteiger partial charge < -0.3 is 15.9 Å². The van der Waals surface area contributed by atoms with E-state index in [1.807, 2.05) is 42.5 Å². The lowest BCUT2D eigenvalue weighted by atomic mass is 9.95. The molecule has 0 bridgehead atoms. The van der Waals surface area contributed by atoms with Crippen molar-refractivity contribution in [3.63, 3.8) is 0 Å². The van der Waals surface area contributed by atoms with Crippen LogP contribution < -0.4 is 21.7 Å². The van der Waals surface area contributed by atoms with Gasteiger partial charge in [-0.2, -0.15) is 0 Å². The summed E-state index contributed by atoms with van der Waals surface area (Å²) in [5, 5.41) is 0. The van der Waals surface area contributed by atoms with Gasteiger partial charge in [0.15, 0.2) is 0 Å². The summed E-state index contributed by atoms with van der Waals surface area (Å²) in [7, 11) is 0. The lowest BCUT2D eigenvalue weighted by Gasteiger charge is -2.29. The summed E-state index contributed by atoms with van der Waals surface area (Å²) < 4.78 is 5.91. The highest BCUT2D eigenvalue weighted by atomic mass is 16.5. The Balaban J connectivity index is 1.84. The second-order valence-corrected chi connectivity index (χ2v) is 9.14. The van der Waals surface area contributed by atoms with E-state index >= 15 is 0 Å². The van der Waals surface area contributed by atoms with Crippen molar-refractivity contribution in [2.24, 2.45) is 11.3 Å². The van der Waals surface area contributed by atoms with Crippen molar-refractivity contribution >= 4 is 11.3 Å². The van der Waals surface area contributed by atoms with Gasteiger partial charge in [0.25, 0.3) is 0 Å². The Kier molecular flexibility index (Phi) is 10.1. The van der Waals surface area contributed by atoms with E-state index in [2.05, 4.69) is 62.0 Å². The average molecular weight is 435 g/mol. The summed E-state index contributed by atoms with van der Waals surface area (Å²) in [5.74, 6) is 6.10. The molecule has 0 atom stereocenters. The number of nitrogen functional groups attached to an aromatic ring is 1. The molecule has 0 fully saturated rings. The fourth-order valence-electron chi connectivity index (χ4n) is 3.42. The minimum Gasteiger partial charge on any atom is -0.493 e. The molecule has 0 aliphatic heterocycles. The van der Waals surface area contributed by atoms with Crippen LogP contribution >= 0.6 is 0 Å². The Bertz CT molecular complexity index is 912. The molecule has 0 radical (unpaired) electrons. The molecule has 0 spiro atoms. The van der Waals surface area contributed by atoms with Crippen LogP contribution in [0.15, 0.2) is 79.5 Å². The maximum absolute atomic E-state index is 5.95. The Morgan fingerprint density at radius 1 is 1.12 bits per heavy atom. The van der Waals surface area contributed by atoms with E-state index < -0.39 is 0 Å². The van der Waals surface area contributed by atoms with Crippen LogP contribution in [0.1, 0.15) is 38.3 Å². The van der Waals surface area contributed by atoms with E-state index in [0.717, 1.165) is 48.6 Å². The minimum absolute atomic E-state index is 0.224. The number of benzene rings is 2. The van der Waals surface area contributed by atoms with Crippen molar-refractivity contribution in [2.45, 2.75) is 33.7 Å². The fourth-order valence-corrected chi connectivity index (χ4v) is 3.42. The molecule has 2 aromatic rings. The maximum atomic E-state index is 5.95. The second kappa shape index (κ2) is 12.7. The number of nitrogens with zero attached hydrogens (tertiary/aromatic N) is 1. The van der Waals surface area contributed by atoms with Gasteiger partial charge in [0.1, 0.15) is 5.75 Å². The summed E-state index contributed by atoms with van der Waals surface area (Å²) in [6.07, 6.45) is 8.74. The molecule has 0 aliphatic carbocycles. The molecule has 0 aromatic heterocycles. The summed E-state index contributed by atoms with van der Waals surface area (Å²) >= 11 is 0.